The van der Waals surface area contributed by atoms with Gasteiger partial charge in [0.05, 0.1) is 5.69 Å². The molecule has 2 heteroatoms. The lowest BCUT2D eigenvalue weighted by Crippen LogP contribution is -1.95. The van der Waals surface area contributed by atoms with Gasteiger partial charge in [0.2, 0.25) is 0 Å². The van der Waals surface area contributed by atoms with Gasteiger partial charge in [-0.15, -0.1) is 11.3 Å². The van der Waals surface area contributed by atoms with Crippen LogP contribution in [0.15, 0.2) is 91.1 Å². The molecule has 6 aromatic rings. The van der Waals surface area contributed by atoms with Crippen molar-refractivity contribution in [2.24, 2.45) is 5.92 Å². The number of thiophene rings is 1. The molecule has 0 atom stereocenters. The molecule has 0 amide bonds. The quantitative estimate of drug-likeness (QED) is 0.257. The van der Waals surface area contributed by atoms with E-state index < -0.39 is 0 Å². The monoisotopic (exact) mass is 457 g/mol. The Labute approximate surface area is 204 Å². The Morgan fingerprint density at radius 2 is 1.62 bits per heavy atom. The van der Waals surface area contributed by atoms with E-state index in [1.807, 2.05) is 17.5 Å². The van der Waals surface area contributed by atoms with Gasteiger partial charge in [-0.3, -0.25) is 4.98 Å². The van der Waals surface area contributed by atoms with Gasteiger partial charge in [-0.25, -0.2) is 0 Å². The molecule has 2 aromatic heterocycles. The van der Waals surface area contributed by atoms with Crippen molar-refractivity contribution in [2.75, 3.05) is 0 Å². The minimum Gasteiger partial charge on any atom is -0.256 e. The third-order valence-electron chi connectivity index (χ3n) is 6.56. The largest absolute Gasteiger partial charge is 0.256 e. The zero-order chi connectivity index (χ0) is 23.2. The number of aryl methyl sites for hydroxylation is 1. The van der Waals surface area contributed by atoms with Crippen LogP contribution in [0.2, 0.25) is 0 Å². The van der Waals surface area contributed by atoms with Crippen molar-refractivity contribution in [1.82, 2.24) is 4.98 Å². The van der Waals surface area contributed by atoms with E-state index in [0.717, 1.165) is 12.1 Å². The number of hydrogen-bond acceptors (Lipinski definition) is 2. The van der Waals surface area contributed by atoms with Crippen molar-refractivity contribution in [3.8, 4) is 22.4 Å². The molecule has 0 aliphatic heterocycles. The van der Waals surface area contributed by atoms with Gasteiger partial charge in [-0.2, -0.15) is 0 Å². The van der Waals surface area contributed by atoms with Crippen molar-refractivity contribution in [2.45, 2.75) is 27.2 Å². The summed E-state index contributed by atoms with van der Waals surface area (Å²) >= 11 is 1.88. The summed E-state index contributed by atoms with van der Waals surface area (Å²) in [7, 11) is 0. The standard InChI is InChI=1S/C32H27NS/c1-20(2)15-22-13-14-33-30(18-22)29-17-21(3)16-28-27-19-24(11-12-31(27)34-32(28)29)26-10-6-8-23-7-4-5-9-25(23)26/h4-14,16-20H,15H2,1-3H3. The Bertz CT molecular complexity index is 1670. The van der Waals surface area contributed by atoms with E-state index in [1.54, 1.807) is 0 Å². The Kier molecular flexibility index (Phi) is 5.19. The number of nitrogens with zero attached hydrogens (tertiary/aromatic N) is 1. The summed E-state index contributed by atoms with van der Waals surface area (Å²) in [5.74, 6) is 0.629. The van der Waals surface area contributed by atoms with Gasteiger partial charge in [-0.1, -0.05) is 62.4 Å². The van der Waals surface area contributed by atoms with Crippen molar-refractivity contribution < 1.29 is 0 Å². The van der Waals surface area contributed by atoms with E-state index >= 15 is 0 Å². The molecule has 0 radical (unpaired) electrons. The summed E-state index contributed by atoms with van der Waals surface area (Å²) in [6.07, 6.45) is 3.04. The average Bonchev–Trinajstić information content (AvgIpc) is 3.20. The van der Waals surface area contributed by atoms with Crippen LogP contribution in [0.5, 0.6) is 0 Å². The summed E-state index contributed by atoms with van der Waals surface area (Å²) in [5, 5.41) is 5.23. The lowest BCUT2D eigenvalue weighted by atomic mass is 9.96. The van der Waals surface area contributed by atoms with Crippen LogP contribution in [-0.4, -0.2) is 4.98 Å². The number of rotatable bonds is 4. The first-order valence-corrected chi connectivity index (χ1v) is 12.8. The van der Waals surface area contributed by atoms with Gasteiger partial charge in [0.1, 0.15) is 0 Å². The number of pyridine rings is 1. The third-order valence-corrected chi connectivity index (χ3v) is 7.78. The van der Waals surface area contributed by atoms with Crippen LogP contribution in [0.3, 0.4) is 0 Å². The average molecular weight is 458 g/mol. The second-order valence-electron chi connectivity index (χ2n) is 9.68. The second-order valence-corrected chi connectivity index (χ2v) is 10.7. The Balaban J connectivity index is 1.56. The SMILES string of the molecule is Cc1cc(-c2cc(CC(C)C)ccn2)c2sc3ccc(-c4cccc5ccccc45)cc3c2c1. The van der Waals surface area contributed by atoms with E-state index in [0.29, 0.717) is 5.92 Å². The highest BCUT2D eigenvalue weighted by molar-refractivity contribution is 7.26. The van der Waals surface area contributed by atoms with Crippen molar-refractivity contribution >= 4 is 42.3 Å². The first kappa shape index (κ1) is 21.1. The van der Waals surface area contributed by atoms with Crippen LogP contribution in [-0.2, 0) is 6.42 Å². The maximum Gasteiger partial charge on any atom is 0.0719 e. The topological polar surface area (TPSA) is 12.9 Å². The van der Waals surface area contributed by atoms with Gasteiger partial charge >= 0.3 is 0 Å². The molecule has 0 spiro atoms. The highest BCUT2D eigenvalue weighted by atomic mass is 32.1. The second kappa shape index (κ2) is 8.38. The zero-order valence-electron chi connectivity index (χ0n) is 19.8. The van der Waals surface area contributed by atoms with Crippen LogP contribution in [0.1, 0.15) is 25.0 Å². The van der Waals surface area contributed by atoms with Crippen molar-refractivity contribution in [3.63, 3.8) is 0 Å². The summed E-state index contributed by atoms with van der Waals surface area (Å²) in [5.41, 5.74) is 7.50. The molecule has 0 saturated heterocycles. The van der Waals surface area contributed by atoms with Crippen molar-refractivity contribution in [3.05, 3.63) is 102 Å². The van der Waals surface area contributed by atoms with Gasteiger partial charge in [-0.05, 0) is 88.7 Å². The van der Waals surface area contributed by atoms with Crippen LogP contribution in [0, 0.1) is 12.8 Å². The Morgan fingerprint density at radius 1 is 0.765 bits per heavy atom. The first-order valence-electron chi connectivity index (χ1n) is 12.0. The molecule has 0 fully saturated rings. The Hall–Kier alpha value is -3.49. The molecule has 0 bridgehead atoms. The minimum atomic E-state index is 0.629. The van der Waals surface area contributed by atoms with Crippen LogP contribution in [0.25, 0.3) is 53.3 Å². The van der Waals surface area contributed by atoms with Gasteiger partial charge in [0.25, 0.3) is 0 Å². The molecule has 166 valence electrons. The molecular weight excluding hydrogens is 430 g/mol. The molecule has 0 saturated carbocycles. The van der Waals surface area contributed by atoms with Gasteiger partial charge in [0.15, 0.2) is 0 Å². The highest BCUT2D eigenvalue weighted by Gasteiger charge is 2.14. The molecule has 1 nitrogen and oxygen atoms in total. The molecule has 0 aliphatic rings. The molecule has 0 unspecified atom stereocenters. The van der Waals surface area contributed by atoms with E-state index in [2.05, 4.69) is 106 Å². The molecule has 2 heterocycles. The normalized spacial score (nSPS) is 11.8. The summed E-state index contributed by atoms with van der Waals surface area (Å²) in [6.45, 7) is 6.73. The number of hydrogen-bond donors (Lipinski definition) is 0. The smallest absolute Gasteiger partial charge is 0.0719 e. The molecule has 0 N–H and O–H groups in total. The van der Waals surface area contributed by atoms with E-state index in [1.165, 1.54) is 58.8 Å². The lowest BCUT2D eigenvalue weighted by molar-refractivity contribution is 0.647. The maximum absolute atomic E-state index is 4.78. The predicted octanol–water partition coefficient (Wildman–Crippen LogP) is 9.44. The van der Waals surface area contributed by atoms with Gasteiger partial charge < -0.3 is 0 Å². The number of benzene rings is 4. The number of fused-ring (bicyclic) bond motifs is 4. The van der Waals surface area contributed by atoms with Crippen LogP contribution >= 0.6 is 11.3 Å². The number of aromatic nitrogens is 1. The fourth-order valence-corrected chi connectivity index (χ4v) is 6.26. The molecule has 34 heavy (non-hydrogen) atoms. The third kappa shape index (κ3) is 3.69. The molecule has 6 rings (SSSR count). The first-order chi connectivity index (χ1) is 16.6. The van der Waals surface area contributed by atoms with Crippen molar-refractivity contribution in [1.29, 1.82) is 0 Å². The van der Waals surface area contributed by atoms with E-state index in [4.69, 9.17) is 4.98 Å². The predicted molar refractivity (Wildman–Crippen MR) is 149 cm³/mol. The van der Waals surface area contributed by atoms with Gasteiger partial charge in [0, 0.05) is 31.9 Å². The van der Waals surface area contributed by atoms with Crippen LogP contribution < -0.4 is 0 Å². The summed E-state index contributed by atoms with van der Waals surface area (Å²) < 4.78 is 2.65. The molecule has 0 aliphatic carbocycles. The zero-order valence-corrected chi connectivity index (χ0v) is 20.6. The molecule has 4 aromatic carbocycles. The van der Waals surface area contributed by atoms with E-state index in [-0.39, 0.29) is 0 Å². The van der Waals surface area contributed by atoms with Crippen LogP contribution in [0.4, 0.5) is 0 Å². The maximum atomic E-state index is 4.78. The Morgan fingerprint density at radius 3 is 2.50 bits per heavy atom. The molecular formula is C32H27NS. The fraction of sp³-hybridized carbons (Fsp3) is 0.156. The minimum absolute atomic E-state index is 0.629. The lowest BCUT2D eigenvalue weighted by Gasteiger charge is -2.09. The fourth-order valence-electron chi connectivity index (χ4n) is 5.08. The van der Waals surface area contributed by atoms with E-state index in [9.17, 15) is 0 Å². The summed E-state index contributed by atoms with van der Waals surface area (Å²) in [4.78, 5) is 4.78. The summed E-state index contributed by atoms with van der Waals surface area (Å²) in [6, 6.07) is 31.2. The highest BCUT2D eigenvalue weighted by Crippen LogP contribution is 2.42.